The van der Waals surface area contributed by atoms with Crippen LogP contribution in [0.5, 0.6) is 0 Å². The number of carboxylic acid groups (broad SMARTS) is 1. The van der Waals surface area contributed by atoms with Crippen molar-refractivity contribution in [2.45, 2.75) is 26.3 Å². The zero-order valence-electron chi connectivity index (χ0n) is 11.5. The Morgan fingerprint density at radius 3 is 2.80 bits per heavy atom. The van der Waals surface area contributed by atoms with E-state index in [4.69, 9.17) is 5.11 Å². The zero-order chi connectivity index (χ0) is 14.9. The minimum absolute atomic E-state index is 0.322. The van der Waals surface area contributed by atoms with Gasteiger partial charge in [-0.3, -0.25) is 9.48 Å². The van der Waals surface area contributed by atoms with E-state index in [0.29, 0.717) is 17.6 Å². The summed E-state index contributed by atoms with van der Waals surface area (Å²) < 4.78 is 1.64. The summed E-state index contributed by atoms with van der Waals surface area (Å²) in [6.45, 7) is 3.53. The second-order valence-corrected chi connectivity index (χ2v) is 4.58. The lowest BCUT2D eigenvalue weighted by molar-refractivity contribution is -0.139. The molecule has 1 amide bonds. The number of rotatable bonds is 4. The summed E-state index contributed by atoms with van der Waals surface area (Å²) in [5.74, 6) is -1.50. The highest BCUT2D eigenvalue weighted by atomic mass is 16.4. The van der Waals surface area contributed by atoms with Crippen molar-refractivity contribution in [2.24, 2.45) is 7.05 Å². The van der Waals surface area contributed by atoms with Gasteiger partial charge in [0, 0.05) is 18.6 Å². The van der Waals surface area contributed by atoms with Crippen LogP contribution in [0.4, 0.5) is 0 Å². The number of aryl methyl sites for hydroxylation is 2. The fraction of sp³-hybridized carbons (Fsp3) is 0.385. The number of nitrogens with zero attached hydrogens (tertiary/aromatic N) is 3. The lowest BCUT2D eigenvalue weighted by atomic mass is 10.1. The van der Waals surface area contributed by atoms with Crippen molar-refractivity contribution in [3.05, 3.63) is 23.5 Å². The molecule has 20 heavy (non-hydrogen) atoms. The van der Waals surface area contributed by atoms with E-state index in [1.807, 2.05) is 6.92 Å². The molecule has 7 heteroatoms. The maximum absolute atomic E-state index is 12.0. The molecule has 0 radical (unpaired) electrons. The van der Waals surface area contributed by atoms with Crippen LogP contribution in [0.1, 0.15) is 29.4 Å². The van der Waals surface area contributed by atoms with Crippen LogP contribution >= 0.6 is 0 Å². The highest BCUT2D eigenvalue weighted by Gasteiger charge is 2.19. The van der Waals surface area contributed by atoms with Gasteiger partial charge in [-0.05, 0) is 19.4 Å². The maximum Gasteiger partial charge on any atom is 0.326 e. The third kappa shape index (κ3) is 2.47. The molecule has 2 aromatic heterocycles. The van der Waals surface area contributed by atoms with Gasteiger partial charge < -0.3 is 10.4 Å². The van der Waals surface area contributed by atoms with Gasteiger partial charge in [0.05, 0.1) is 11.3 Å². The van der Waals surface area contributed by atoms with E-state index in [1.54, 1.807) is 24.7 Å². The summed E-state index contributed by atoms with van der Waals surface area (Å²) in [7, 11) is 1.78. The molecule has 1 atom stereocenters. The standard InChI is InChI=1S/C13H16N4O3/c1-4-10(13(19)20)15-12(18)8-5-9-7(2)16-17(3)11(9)14-6-8/h5-6,10H,4H2,1-3H3,(H,15,18)(H,19,20)/t10-/m1/s1. The summed E-state index contributed by atoms with van der Waals surface area (Å²) in [5, 5.41) is 16.4. The number of carbonyl (C=O) groups is 2. The molecule has 106 valence electrons. The van der Waals surface area contributed by atoms with Gasteiger partial charge in [0.1, 0.15) is 6.04 Å². The lowest BCUT2D eigenvalue weighted by Gasteiger charge is -2.12. The van der Waals surface area contributed by atoms with Gasteiger partial charge in [0.2, 0.25) is 0 Å². The Bertz CT molecular complexity index is 678. The second-order valence-electron chi connectivity index (χ2n) is 4.58. The van der Waals surface area contributed by atoms with Crippen LogP contribution in [0.3, 0.4) is 0 Å². The molecule has 0 saturated heterocycles. The fourth-order valence-electron chi connectivity index (χ4n) is 2.01. The number of carbonyl (C=O) groups excluding carboxylic acids is 1. The van der Waals surface area contributed by atoms with E-state index in [1.165, 1.54) is 6.20 Å². The van der Waals surface area contributed by atoms with E-state index >= 15 is 0 Å². The van der Waals surface area contributed by atoms with Crippen LogP contribution < -0.4 is 5.32 Å². The maximum atomic E-state index is 12.0. The molecular formula is C13H16N4O3. The molecule has 7 nitrogen and oxygen atoms in total. The Hall–Kier alpha value is -2.44. The SMILES string of the molecule is CC[C@@H](NC(=O)c1cnc2c(c1)c(C)nn2C)C(=O)O. The van der Waals surface area contributed by atoms with Crippen LogP contribution in [0, 0.1) is 6.92 Å². The van der Waals surface area contributed by atoms with E-state index in [9.17, 15) is 9.59 Å². The van der Waals surface area contributed by atoms with Crippen molar-refractivity contribution in [3.63, 3.8) is 0 Å². The Balaban J connectivity index is 2.31. The van der Waals surface area contributed by atoms with Gasteiger partial charge in [0.15, 0.2) is 5.65 Å². The van der Waals surface area contributed by atoms with Crippen molar-refractivity contribution in [3.8, 4) is 0 Å². The number of amides is 1. The molecule has 2 N–H and O–H groups in total. The third-order valence-electron chi connectivity index (χ3n) is 3.14. The monoisotopic (exact) mass is 276 g/mol. The smallest absolute Gasteiger partial charge is 0.326 e. The van der Waals surface area contributed by atoms with E-state index in [0.717, 1.165) is 11.1 Å². The van der Waals surface area contributed by atoms with E-state index < -0.39 is 17.9 Å². The highest BCUT2D eigenvalue weighted by Crippen LogP contribution is 2.16. The fourth-order valence-corrected chi connectivity index (χ4v) is 2.01. The highest BCUT2D eigenvalue weighted by molar-refractivity contribution is 5.99. The van der Waals surface area contributed by atoms with Crippen molar-refractivity contribution in [1.29, 1.82) is 0 Å². The molecule has 0 unspecified atom stereocenters. The summed E-state index contributed by atoms with van der Waals surface area (Å²) in [5.41, 5.74) is 1.78. The van der Waals surface area contributed by atoms with Crippen LogP contribution in [-0.2, 0) is 11.8 Å². The van der Waals surface area contributed by atoms with E-state index in [-0.39, 0.29) is 0 Å². The Kier molecular flexibility index (Phi) is 3.69. The Labute approximate surface area is 115 Å². The number of hydrogen-bond acceptors (Lipinski definition) is 4. The number of carboxylic acids is 1. The normalized spacial score (nSPS) is 12.3. The molecule has 0 aliphatic carbocycles. The van der Waals surface area contributed by atoms with Gasteiger partial charge in [-0.1, -0.05) is 6.92 Å². The predicted molar refractivity (Wildman–Crippen MR) is 72.4 cm³/mol. The summed E-state index contributed by atoms with van der Waals surface area (Å²) in [6, 6.07) is 0.780. The number of hydrogen-bond donors (Lipinski definition) is 2. The molecule has 2 rings (SSSR count). The number of aromatic nitrogens is 3. The molecule has 0 aromatic carbocycles. The zero-order valence-corrected chi connectivity index (χ0v) is 11.5. The molecule has 0 saturated carbocycles. The van der Waals surface area contributed by atoms with Crippen LogP contribution in [0.2, 0.25) is 0 Å². The molecule has 2 aromatic rings. The number of nitrogens with one attached hydrogen (secondary N) is 1. The predicted octanol–water partition coefficient (Wildman–Crippen LogP) is 0.870. The van der Waals surface area contributed by atoms with E-state index in [2.05, 4.69) is 15.4 Å². The van der Waals surface area contributed by atoms with Gasteiger partial charge in [-0.15, -0.1) is 0 Å². The number of pyridine rings is 1. The second kappa shape index (κ2) is 5.28. The Morgan fingerprint density at radius 1 is 1.50 bits per heavy atom. The molecule has 0 spiro atoms. The van der Waals surface area contributed by atoms with Crippen LogP contribution in [0.15, 0.2) is 12.3 Å². The topological polar surface area (TPSA) is 97.1 Å². The lowest BCUT2D eigenvalue weighted by Crippen LogP contribution is -2.40. The quantitative estimate of drug-likeness (QED) is 0.863. The first-order valence-electron chi connectivity index (χ1n) is 6.27. The first kappa shape index (κ1) is 14.0. The molecular weight excluding hydrogens is 260 g/mol. The largest absolute Gasteiger partial charge is 0.480 e. The Morgan fingerprint density at radius 2 is 2.20 bits per heavy atom. The van der Waals surface area contributed by atoms with Gasteiger partial charge in [-0.2, -0.15) is 5.10 Å². The summed E-state index contributed by atoms with van der Waals surface area (Å²) in [6.07, 6.45) is 1.75. The minimum atomic E-state index is -1.05. The molecule has 0 aliphatic heterocycles. The molecule has 0 aliphatic rings. The van der Waals surface area contributed by atoms with Gasteiger partial charge in [0.25, 0.3) is 5.91 Å². The first-order chi connectivity index (χ1) is 9.43. The number of fused-ring (bicyclic) bond motifs is 1. The van der Waals surface area contributed by atoms with Gasteiger partial charge >= 0.3 is 5.97 Å². The van der Waals surface area contributed by atoms with Crippen molar-refractivity contribution in [1.82, 2.24) is 20.1 Å². The molecule has 2 heterocycles. The number of aliphatic carboxylic acids is 1. The summed E-state index contributed by atoms with van der Waals surface area (Å²) in [4.78, 5) is 27.2. The van der Waals surface area contributed by atoms with Crippen LogP contribution in [-0.4, -0.2) is 37.8 Å². The third-order valence-corrected chi connectivity index (χ3v) is 3.14. The average molecular weight is 276 g/mol. The van der Waals surface area contributed by atoms with Crippen LogP contribution in [0.25, 0.3) is 11.0 Å². The first-order valence-corrected chi connectivity index (χ1v) is 6.27. The van der Waals surface area contributed by atoms with Crippen molar-refractivity contribution in [2.75, 3.05) is 0 Å². The summed E-state index contributed by atoms with van der Waals surface area (Å²) >= 11 is 0. The minimum Gasteiger partial charge on any atom is -0.480 e. The van der Waals surface area contributed by atoms with Crippen molar-refractivity contribution < 1.29 is 14.7 Å². The van der Waals surface area contributed by atoms with Crippen molar-refractivity contribution >= 4 is 22.9 Å². The van der Waals surface area contributed by atoms with Gasteiger partial charge in [-0.25, -0.2) is 9.78 Å². The molecule has 0 fully saturated rings. The molecule has 0 bridgehead atoms. The average Bonchev–Trinajstić information content (AvgIpc) is 2.70.